The molecule has 0 amide bonds. The second-order valence-corrected chi connectivity index (χ2v) is 68.0. The minimum absolute atomic E-state index is 0.0110. The van der Waals surface area contributed by atoms with Crippen molar-refractivity contribution < 1.29 is 15.6 Å². The summed E-state index contributed by atoms with van der Waals surface area (Å²) in [6.07, 6.45) is 11.7. The molecular weight excluding hydrogens is 935 g/mol. The van der Waals surface area contributed by atoms with Crippen molar-refractivity contribution in [2.24, 2.45) is 11.8 Å². The number of hydrogen-bond donors (Lipinski definition) is 0. The summed E-state index contributed by atoms with van der Waals surface area (Å²) in [6.45, 7) is 47.7. The third kappa shape index (κ3) is 9.74. The van der Waals surface area contributed by atoms with Crippen molar-refractivity contribution in [3.05, 3.63) is 127 Å². The number of halogens is 2. The van der Waals surface area contributed by atoms with Gasteiger partial charge in [-0.15, -0.1) is 0 Å². The fourth-order valence-electron chi connectivity index (χ4n) is 11.3. The van der Waals surface area contributed by atoms with Crippen LogP contribution in [-0.2, 0) is 50.1 Å². The summed E-state index contributed by atoms with van der Waals surface area (Å²) in [5, 5.41) is 0. The monoisotopic (exact) mass is 1020 g/mol. The fourth-order valence-corrected chi connectivity index (χ4v) is 42.6. The standard InChI is InChI=1S/2C30H41.C2H7Si.2ClH.Zr/c2*1-10-12-21-13-14-22-15-23(20(3)11-2)18-27(22)28(21)24-16-25(29(4,5)6)19-26(17-24)30(7,8)9;1-3-2;;;/h2*13-20H,10-12H2,1-9H3;3H,1-2H3;2*1H;/q;;;;;+2/p-2. The van der Waals surface area contributed by atoms with Crippen LogP contribution in [0.25, 0.3) is 34.4 Å². The van der Waals surface area contributed by atoms with Gasteiger partial charge in [-0.1, -0.05) is 0 Å². The van der Waals surface area contributed by atoms with E-state index >= 15 is 0 Å². The van der Waals surface area contributed by atoms with Gasteiger partial charge in [0.15, 0.2) is 0 Å². The predicted molar refractivity (Wildman–Crippen MR) is 297 cm³/mol. The first-order chi connectivity index (χ1) is 30.4. The molecule has 2 aliphatic carbocycles. The summed E-state index contributed by atoms with van der Waals surface area (Å²) in [5.74, 6) is -1.11. The average Bonchev–Trinajstić information content (AvgIpc) is 3.83. The molecule has 4 atom stereocenters. The van der Waals surface area contributed by atoms with Crippen molar-refractivity contribution in [3.63, 3.8) is 0 Å². The molecule has 0 saturated carbocycles. The summed E-state index contributed by atoms with van der Waals surface area (Å²) < 4.78 is 0.0696. The van der Waals surface area contributed by atoms with Crippen molar-refractivity contribution in [2.75, 3.05) is 0 Å². The molecule has 0 saturated heterocycles. The zero-order valence-electron chi connectivity index (χ0n) is 45.3. The number of aryl methyl sites for hydroxylation is 2. The van der Waals surface area contributed by atoms with Crippen LogP contribution in [0.15, 0.2) is 71.8 Å². The summed E-state index contributed by atoms with van der Waals surface area (Å²) in [7, 11) is 18.6. The molecule has 0 bridgehead atoms. The van der Waals surface area contributed by atoms with E-state index in [4.69, 9.17) is 0 Å². The minimum atomic E-state index is -5.20. The van der Waals surface area contributed by atoms with Crippen LogP contribution >= 0.6 is 17.0 Å². The third-order valence-corrected chi connectivity index (χ3v) is 67.8. The maximum atomic E-state index is 9.28. The van der Waals surface area contributed by atoms with Crippen LogP contribution in [0.5, 0.6) is 0 Å². The molecule has 4 unspecified atom stereocenters. The third-order valence-electron chi connectivity index (χ3n) is 16.2. The van der Waals surface area contributed by atoms with Gasteiger partial charge in [0.1, 0.15) is 0 Å². The van der Waals surface area contributed by atoms with Crippen LogP contribution in [0.4, 0.5) is 0 Å². The molecule has 0 radical (unpaired) electrons. The Morgan fingerprint density at radius 2 is 0.803 bits per heavy atom. The topological polar surface area (TPSA) is 0 Å². The van der Waals surface area contributed by atoms with Crippen molar-refractivity contribution >= 4 is 35.1 Å². The van der Waals surface area contributed by atoms with Gasteiger partial charge in [0.2, 0.25) is 0 Å². The summed E-state index contributed by atoms with van der Waals surface area (Å²) in [6, 6.07) is 25.0. The van der Waals surface area contributed by atoms with Crippen LogP contribution in [0.1, 0.15) is 213 Å². The molecular formula is C62H89Cl2SiZr. The first-order valence-electron chi connectivity index (χ1n) is 26.1. The molecule has 4 aromatic rings. The van der Waals surface area contributed by atoms with Gasteiger partial charge in [-0.3, -0.25) is 0 Å². The van der Waals surface area contributed by atoms with Crippen LogP contribution in [0, 0.1) is 11.8 Å². The summed E-state index contributed by atoms with van der Waals surface area (Å²) >= 11 is -5.20. The second kappa shape index (κ2) is 19.0. The summed E-state index contributed by atoms with van der Waals surface area (Å²) in [5.41, 5.74) is 22.6. The molecule has 0 aliphatic heterocycles. The van der Waals surface area contributed by atoms with Crippen LogP contribution in [0.2, 0.25) is 13.1 Å². The Morgan fingerprint density at radius 3 is 1.05 bits per heavy atom. The second-order valence-electron chi connectivity index (χ2n) is 25.5. The van der Waals surface area contributed by atoms with Crippen LogP contribution < -0.4 is 0 Å². The first kappa shape index (κ1) is 53.4. The molecule has 0 heterocycles. The SMILES string of the molecule is CCCc1ccc2c(c1-c1cc(C(C)(C)C)cc(C(C)(C)C)c1)C=C(C(C)CC)[CH]2[Zr]([Cl])([Cl])([CH]1C(C(C)CC)=Cc2c1ccc(CCC)c2-c1cc(C(C)(C)C)cc(C(C)(C)C)c1)[SiH](C)C. The predicted octanol–water partition coefficient (Wildman–Crippen LogP) is 19.8. The van der Waals surface area contributed by atoms with Gasteiger partial charge in [-0.25, -0.2) is 0 Å². The normalized spacial score (nSPS) is 18.4. The van der Waals surface area contributed by atoms with E-state index in [2.05, 4.69) is 211 Å². The van der Waals surface area contributed by atoms with Crippen molar-refractivity contribution in [3.8, 4) is 22.3 Å². The van der Waals surface area contributed by atoms with Gasteiger partial charge in [-0.05, 0) is 0 Å². The number of rotatable bonds is 13. The average molecular weight is 1020 g/mol. The van der Waals surface area contributed by atoms with Crippen LogP contribution in [-0.4, -0.2) is 5.92 Å². The molecule has 0 nitrogen and oxygen atoms in total. The van der Waals surface area contributed by atoms with Gasteiger partial charge >= 0.3 is 417 Å². The van der Waals surface area contributed by atoms with Gasteiger partial charge in [0.05, 0.1) is 0 Å². The Morgan fingerprint density at radius 1 is 0.500 bits per heavy atom. The van der Waals surface area contributed by atoms with E-state index in [0.717, 1.165) is 38.5 Å². The fraction of sp³-hybridized carbons (Fsp3) is 0.548. The molecule has 0 aromatic heterocycles. The first-order valence-corrected chi connectivity index (χ1v) is 42.4. The van der Waals surface area contributed by atoms with E-state index in [-0.39, 0.29) is 28.9 Å². The Balaban J connectivity index is 1.74. The van der Waals surface area contributed by atoms with E-state index in [1.807, 2.05) is 0 Å². The molecule has 0 spiro atoms. The molecule has 0 N–H and O–H groups in total. The Labute approximate surface area is 414 Å². The van der Waals surface area contributed by atoms with E-state index in [1.54, 1.807) is 0 Å². The number of hydrogen-bond acceptors (Lipinski definition) is 0. The molecule has 4 aromatic carbocycles. The Kier molecular flexibility index (Phi) is 15.4. The number of fused-ring (bicyclic) bond motifs is 2. The van der Waals surface area contributed by atoms with Gasteiger partial charge in [0.25, 0.3) is 0 Å². The molecule has 6 rings (SSSR count). The molecule has 2 aliphatic rings. The quantitative estimate of drug-likeness (QED) is 0.117. The van der Waals surface area contributed by atoms with Gasteiger partial charge < -0.3 is 0 Å². The van der Waals surface area contributed by atoms with E-state index in [9.17, 15) is 17.0 Å². The van der Waals surface area contributed by atoms with Crippen LogP contribution in [0.3, 0.4) is 0 Å². The van der Waals surface area contributed by atoms with Gasteiger partial charge in [-0.2, -0.15) is 0 Å². The zero-order chi connectivity index (χ0) is 49.3. The molecule has 4 heteroatoms. The van der Waals surface area contributed by atoms with E-state index in [1.165, 1.54) is 89.0 Å². The van der Waals surface area contributed by atoms with E-state index < -0.39 is 21.5 Å². The van der Waals surface area contributed by atoms with E-state index in [0.29, 0.717) is 11.8 Å². The van der Waals surface area contributed by atoms with Crippen molar-refractivity contribution in [1.29, 1.82) is 0 Å². The molecule has 66 heavy (non-hydrogen) atoms. The maximum absolute atomic E-state index is 9.28. The molecule has 359 valence electrons. The van der Waals surface area contributed by atoms with Crippen molar-refractivity contribution in [2.45, 2.75) is 205 Å². The molecule has 0 fully saturated rings. The number of benzene rings is 4. The Hall–Kier alpha value is -1.96. The van der Waals surface area contributed by atoms with Gasteiger partial charge in [0, 0.05) is 0 Å². The zero-order valence-corrected chi connectivity index (χ0v) is 50.4. The van der Waals surface area contributed by atoms with Crippen molar-refractivity contribution in [1.82, 2.24) is 0 Å². The Bertz CT molecular complexity index is 2290. The number of allylic oxidation sites excluding steroid dienone is 2. The summed E-state index contributed by atoms with van der Waals surface area (Å²) in [4.78, 5) is 0.